The summed E-state index contributed by atoms with van der Waals surface area (Å²) in [6, 6.07) is 5.39. The van der Waals surface area contributed by atoms with Crippen LogP contribution in [0.4, 0.5) is 0 Å². The fourth-order valence-corrected chi connectivity index (χ4v) is 1.90. The van der Waals surface area contributed by atoms with E-state index < -0.39 is 11.4 Å². The first kappa shape index (κ1) is 11.0. The summed E-state index contributed by atoms with van der Waals surface area (Å²) >= 11 is 5.87. The van der Waals surface area contributed by atoms with Crippen molar-refractivity contribution in [3.63, 3.8) is 0 Å². The summed E-state index contributed by atoms with van der Waals surface area (Å²) in [5, 5.41) is 10.7. The van der Waals surface area contributed by atoms with Gasteiger partial charge in [-0.3, -0.25) is 4.79 Å². The maximum atomic E-state index is 11.2. The number of benzene rings is 1. The van der Waals surface area contributed by atoms with Crippen LogP contribution in [0.3, 0.4) is 0 Å². The van der Waals surface area contributed by atoms with Gasteiger partial charge in [-0.1, -0.05) is 17.7 Å². The highest BCUT2D eigenvalue weighted by Gasteiger charge is 2.31. The third-order valence-electron chi connectivity index (χ3n) is 2.85. The minimum Gasteiger partial charge on any atom is -0.481 e. The number of halogens is 1. The molecule has 0 fully saturated rings. The molecule has 0 spiro atoms. The van der Waals surface area contributed by atoms with Gasteiger partial charge < -0.3 is 10.1 Å². The van der Waals surface area contributed by atoms with Crippen molar-refractivity contribution in [2.24, 2.45) is 0 Å². The van der Waals surface area contributed by atoms with Gasteiger partial charge in [-0.2, -0.15) is 0 Å². The first-order valence-corrected chi connectivity index (χ1v) is 5.31. The molecule has 84 valence electrons. The fraction of sp³-hybridized carbons (Fsp3) is 0.250. The van der Waals surface area contributed by atoms with E-state index >= 15 is 0 Å². The van der Waals surface area contributed by atoms with Crippen LogP contribution in [0.5, 0.6) is 0 Å². The van der Waals surface area contributed by atoms with E-state index in [2.05, 4.69) is 4.98 Å². The van der Waals surface area contributed by atoms with Crippen LogP contribution in [0.2, 0.25) is 5.02 Å². The highest BCUT2D eigenvalue weighted by atomic mass is 35.5. The quantitative estimate of drug-likeness (QED) is 0.843. The molecule has 0 atom stereocenters. The molecular formula is C12H12ClNO2. The van der Waals surface area contributed by atoms with E-state index in [1.807, 2.05) is 6.07 Å². The van der Waals surface area contributed by atoms with Crippen LogP contribution in [0.1, 0.15) is 19.4 Å². The van der Waals surface area contributed by atoms with Crippen LogP contribution in [0.25, 0.3) is 10.9 Å². The number of H-pyrrole nitrogens is 1. The lowest BCUT2D eigenvalue weighted by Crippen LogP contribution is -2.28. The summed E-state index contributed by atoms with van der Waals surface area (Å²) in [7, 11) is 0. The van der Waals surface area contributed by atoms with Crippen LogP contribution in [-0.2, 0) is 10.2 Å². The van der Waals surface area contributed by atoms with E-state index in [1.165, 1.54) is 0 Å². The number of carbonyl (C=O) groups is 1. The molecule has 2 rings (SSSR count). The van der Waals surface area contributed by atoms with Gasteiger partial charge in [-0.05, 0) is 31.5 Å². The van der Waals surface area contributed by atoms with Crippen molar-refractivity contribution in [1.82, 2.24) is 4.98 Å². The average Bonchev–Trinajstić information content (AvgIpc) is 2.60. The maximum absolute atomic E-state index is 11.2. The molecule has 3 nitrogen and oxygen atoms in total. The summed E-state index contributed by atoms with van der Waals surface area (Å²) in [6.07, 6.45) is 1.73. The van der Waals surface area contributed by atoms with Crippen molar-refractivity contribution < 1.29 is 9.90 Å². The Kier molecular flexibility index (Phi) is 2.43. The second-order valence-corrected chi connectivity index (χ2v) is 4.76. The Morgan fingerprint density at radius 1 is 1.44 bits per heavy atom. The van der Waals surface area contributed by atoms with E-state index in [-0.39, 0.29) is 0 Å². The number of aromatic amines is 1. The molecule has 0 amide bonds. The van der Waals surface area contributed by atoms with Crippen molar-refractivity contribution >= 4 is 28.5 Å². The van der Waals surface area contributed by atoms with Crippen molar-refractivity contribution in [2.75, 3.05) is 0 Å². The number of carboxylic acid groups (broad SMARTS) is 1. The minimum atomic E-state index is -0.911. The summed E-state index contributed by atoms with van der Waals surface area (Å²) < 4.78 is 0. The molecule has 0 saturated carbocycles. The molecule has 2 aromatic rings. The molecule has 0 radical (unpaired) electrons. The summed E-state index contributed by atoms with van der Waals surface area (Å²) in [5.74, 6) is -0.844. The zero-order valence-corrected chi connectivity index (χ0v) is 9.80. The zero-order chi connectivity index (χ0) is 11.9. The number of fused-ring (bicyclic) bond motifs is 1. The first-order valence-electron chi connectivity index (χ1n) is 4.93. The van der Waals surface area contributed by atoms with Gasteiger partial charge >= 0.3 is 5.97 Å². The molecule has 0 bridgehead atoms. The lowest BCUT2D eigenvalue weighted by molar-refractivity contribution is -0.142. The molecular weight excluding hydrogens is 226 g/mol. The number of aromatic nitrogens is 1. The second kappa shape index (κ2) is 3.52. The van der Waals surface area contributed by atoms with Crippen molar-refractivity contribution in [3.05, 3.63) is 35.0 Å². The fourth-order valence-electron chi connectivity index (χ4n) is 1.73. The van der Waals surface area contributed by atoms with Crippen LogP contribution in [0, 0.1) is 0 Å². The van der Waals surface area contributed by atoms with E-state index in [0.717, 1.165) is 16.5 Å². The van der Waals surface area contributed by atoms with Crippen LogP contribution < -0.4 is 0 Å². The van der Waals surface area contributed by atoms with Gasteiger partial charge in [0, 0.05) is 22.1 Å². The molecule has 2 N–H and O–H groups in total. The Morgan fingerprint density at radius 2 is 2.12 bits per heavy atom. The number of carboxylic acids is 1. The van der Waals surface area contributed by atoms with Crippen molar-refractivity contribution in [3.8, 4) is 0 Å². The molecule has 4 heteroatoms. The van der Waals surface area contributed by atoms with Gasteiger partial charge in [0.1, 0.15) is 0 Å². The number of rotatable bonds is 2. The monoisotopic (exact) mass is 237 g/mol. The summed E-state index contributed by atoms with van der Waals surface area (Å²) in [4.78, 5) is 14.2. The van der Waals surface area contributed by atoms with Crippen molar-refractivity contribution in [2.45, 2.75) is 19.3 Å². The standard InChI is InChI=1S/C12H12ClNO2/c1-12(2,11(15)16)9-6-14-10-5-7(13)3-4-8(9)10/h3-6,14H,1-2H3,(H,15,16). The zero-order valence-electron chi connectivity index (χ0n) is 9.04. The topological polar surface area (TPSA) is 53.1 Å². The maximum Gasteiger partial charge on any atom is 0.313 e. The Balaban J connectivity index is 2.67. The molecule has 1 heterocycles. The molecule has 1 aromatic carbocycles. The van der Waals surface area contributed by atoms with Crippen LogP contribution in [-0.4, -0.2) is 16.1 Å². The normalized spacial score (nSPS) is 11.9. The predicted molar refractivity (Wildman–Crippen MR) is 64.0 cm³/mol. The average molecular weight is 238 g/mol. The molecule has 0 unspecified atom stereocenters. The molecule has 0 saturated heterocycles. The highest BCUT2D eigenvalue weighted by Crippen LogP contribution is 2.31. The molecule has 1 aromatic heterocycles. The number of aliphatic carboxylic acids is 1. The smallest absolute Gasteiger partial charge is 0.313 e. The van der Waals surface area contributed by atoms with Gasteiger partial charge in [0.25, 0.3) is 0 Å². The molecule has 16 heavy (non-hydrogen) atoms. The lowest BCUT2D eigenvalue weighted by Gasteiger charge is -2.18. The van der Waals surface area contributed by atoms with Crippen LogP contribution >= 0.6 is 11.6 Å². The summed E-state index contributed by atoms with van der Waals surface area (Å²) in [6.45, 7) is 3.37. The predicted octanol–water partition coefficient (Wildman–Crippen LogP) is 3.18. The van der Waals surface area contributed by atoms with Crippen molar-refractivity contribution in [1.29, 1.82) is 0 Å². The van der Waals surface area contributed by atoms with Gasteiger partial charge in [0.05, 0.1) is 5.41 Å². The SMILES string of the molecule is CC(C)(C(=O)O)c1c[nH]c2cc(Cl)ccc12. The highest BCUT2D eigenvalue weighted by molar-refractivity contribution is 6.31. The van der Waals surface area contributed by atoms with Gasteiger partial charge in [0.15, 0.2) is 0 Å². The molecule has 0 aliphatic rings. The molecule has 0 aliphatic carbocycles. The lowest BCUT2D eigenvalue weighted by atomic mass is 9.85. The molecule has 0 aliphatic heterocycles. The van der Waals surface area contributed by atoms with E-state index in [0.29, 0.717) is 5.02 Å². The van der Waals surface area contributed by atoms with E-state index in [9.17, 15) is 9.90 Å². The van der Waals surface area contributed by atoms with Gasteiger partial charge in [-0.25, -0.2) is 0 Å². The van der Waals surface area contributed by atoms with E-state index in [1.54, 1.807) is 32.2 Å². The Hall–Kier alpha value is -1.48. The summed E-state index contributed by atoms with van der Waals surface area (Å²) in [5.41, 5.74) is 0.718. The Bertz CT molecular complexity index is 557. The Morgan fingerprint density at radius 3 is 2.75 bits per heavy atom. The second-order valence-electron chi connectivity index (χ2n) is 4.32. The Labute approximate surface area is 98.0 Å². The third kappa shape index (κ3) is 1.57. The number of nitrogens with one attached hydrogen (secondary N) is 1. The largest absolute Gasteiger partial charge is 0.481 e. The van der Waals surface area contributed by atoms with Gasteiger partial charge in [0.2, 0.25) is 0 Å². The van der Waals surface area contributed by atoms with Crippen LogP contribution in [0.15, 0.2) is 24.4 Å². The van der Waals surface area contributed by atoms with E-state index in [4.69, 9.17) is 11.6 Å². The third-order valence-corrected chi connectivity index (χ3v) is 3.09. The number of hydrogen-bond donors (Lipinski definition) is 2. The first-order chi connectivity index (χ1) is 7.43. The number of hydrogen-bond acceptors (Lipinski definition) is 1. The van der Waals surface area contributed by atoms with Gasteiger partial charge in [-0.15, -0.1) is 0 Å². The minimum absolute atomic E-state index is 0.633.